The number of aromatic amines is 1. The maximum absolute atomic E-state index is 7.73. The highest BCUT2D eigenvalue weighted by Crippen LogP contribution is 2.31. The van der Waals surface area contributed by atoms with Crippen LogP contribution in [0.2, 0.25) is 0 Å². The van der Waals surface area contributed by atoms with Gasteiger partial charge in [0.25, 0.3) is 0 Å². The highest BCUT2D eigenvalue weighted by molar-refractivity contribution is 7.98. The van der Waals surface area contributed by atoms with E-state index >= 15 is 0 Å². The van der Waals surface area contributed by atoms with Crippen molar-refractivity contribution >= 4 is 35.4 Å². The van der Waals surface area contributed by atoms with Crippen LogP contribution < -0.4 is 10.2 Å². The normalized spacial score (nSPS) is 18.0. The van der Waals surface area contributed by atoms with Crippen LogP contribution in [0.4, 0.5) is 17.5 Å². The molecule has 1 unspecified atom stereocenters. The summed E-state index contributed by atoms with van der Waals surface area (Å²) in [5.74, 6) is 2.31. The second kappa shape index (κ2) is 7.01. The lowest BCUT2D eigenvalue weighted by molar-refractivity contribution is 0.0985. The molecule has 1 saturated heterocycles. The number of nitrogens with one attached hydrogen (secondary N) is 3. The SMILES string of the molecule is CSc1cc(N2CCOCC2C)nc(Nc2ccn[nH]2)c1C=N. The Kier molecular flexibility index (Phi) is 4.82. The van der Waals surface area contributed by atoms with E-state index in [0.717, 1.165) is 28.6 Å². The summed E-state index contributed by atoms with van der Waals surface area (Å²) in [6.07, 6.45) is 5.02. The quantitative estimate of drug-likeness (QED) is 0.576. The van der Waals surface area contributed by atoms with E-state index < -0.39 is 0 Å². The predicted molar refractivity (Wildman–Crippen MR) is 93.4 cm³/mol. The monoisotopic (exact) mass is 332 g/mol. The molecule has 0 bridgehead atoms. The molecule has 1 aliphatic rings. The lowest BCUT2D eigenvalue weighted by Crippen LogP contribution is -2.44. The fraction of sp³-hybridized carbons (Fsp3) is 0.400. The number of H-pyrrole nitrogens is 1. The van der Waals surface area contributed by atoms with Gasteiger partial charge in [0.05, 0.1) is 25.5 Å². The molecule has 7 nitrogen and oxygen atoms in total. The molecular formula is C15H20N6OS. The van der Waals surface area contributed by atoms with E-state index in [2.05, 4.69) is 27.3 Å². The predicted octanol–water partition coefficient (Wildman–Crippen LogP) is 2.49. The average molecular weight is 332 g/mol. The molecule has 3 heterocycles. The maximum Gasteiger partial charge on any atom is 0.143 e. The lowest BCUT2D eigenvalue weighted by atomic mass is 10.2. The summed E-state index contributed by atoms with van der Waals surface area (Å²) in [7, 11) is 0. The molecule has 0 saturated carbocycles. The molecule has 0 radical (unpaired) electrons. The molecule has 1 atom stereocenters. The highest BCUT2D eigenvalue weighted by Gasteiger charge is 2.22. The summed E-state index contributed by atoms with van der Waals surface area (Å²) in [4.78, 5) is 8.01. The van der Waals surface area contributed by atoms with E-state index in [1.54, 1.807) is 18.0 Å². The summed E-state index contributed by atoms with van der Waals surface area (Å²) in [5, 5.41) is 17.8. The van der Waals surface area contributed by atoms with Crippen molar-refractivity contribution in [2.75, 3.05) is 36.2 Å². The van der Waals surface area contributed by atoms with Gasteiger partial charge in [0, 0.05) is 29.3 Å². The van der Waals surface area contributed by atoms with Crippen molar-refractivity contribution in [3.05, 3.63) is 23.9 Å². The minimum atomic E-state index is 0.275. The van der Waals surface area contributed by atoms with Crippen molar-refractivity contribution in [3.8, 4) is 0 Å². The fourth-order valence-corrected chi connectivity index (χ4v) is 3.19. The van der Waals surface area contributed by atoms with Gasteiger partial charge in [-0.1, -0.05) is 0 Å². The third kappa shape index (κ3) is 3.32. The number of hydrogen-bond donors (Lipinski definition) is 3. The number of nitrogens with zero attached hydrogens (tertiary/aromatic N) is 3. The van der Waals surface area contributed by atoms with Gasteiger partial charge < -0.3 is 20.4 Å². The summed E-state index contributed by atoms with van der Waals surface area (Å²) >= 11 is 1.61. The Morgan fingerprint density at radius 2 is 2.43 bits per heavy atom. The Morgan fingerprint density at radius 3 is 3.09 bits per heavy atom. The van der Waals surface area contributed by atoms with Gasteiger partial charge in [0.2, 0.25) is 0 Å². The molecule has 2 aromatic heterocycles. The van der Waals surface area contributed by atoms with Crippen LogP contribution in [0.5, 0.6) is 0 Å². The van der Waals surface area contributed by atoms with Crippen molar-refractivity contribution < 1.29 is 4.74 Å². The Bertz CT molecular complexity index is 675. The number of aromatic nitrogens is 3. The van der Waals surface area contributed by atoms with E-state index in [4.69, 9.17) is 15.1 Å². The zero-order chi connectivity index (χ0) is 16.2. The lowest BCUT2D eigenvalue weighted by Gasteiger charge is -2.34. The molecule has 0 amide bonds. The smallest absolute Gasteiger partial charge is 0.143 e. The van der Waals surface area contributed by atoms with Crippen LogP contribution in [-0.2, 0) is 4.74 Å². The first-order valence-corrected chi connectivity index (χ1v) is 8.65. The summed E-state index contributed by atoms with van der Waals surface area (Å²) < 4.78 is 5.51. The number of hydrogen-bond acceptors (Lipinski definition) is 7. The second-order valence-electron chi connectivity index (χ2n) is 5.30. The van der Waals surface area contributed by atoms with Gasteiger partial charge >= 0.3 is 0 Å². The molecule has 3 rings (SSSR count). The third-order valence-electron chi connectivity index (χ3n) is 3.79. The van der Waals surface area contributed by atoms with Crippen LogP contribution in [0, 0.1) is 5.41 Å². The van der Waals surface area contributed by atoms with E-state index in [0.29, 0.717) is 19.0 Å². The zero-order valence-corrected chi connectivity index (χ0v) is 14.0. The Balaban J connectivity index is 2.01. The minimum absolute atomic E-state index is 0.275. The zero-order valence-electron chi connectivity index (χ0n) is 13.2. The van der Waals surface area contributed by atoms with Crippen molar-refractivity contribution in [1.82, 2.24) is 15.2 Å². The van der Waals surface area contributed by atoms with Gasteiger partial charge in [-0.05, 0) is 19.2 Å². The summed E-state index contributed by atoms with van der Waals surface area (Å²) in [5.41, 5.74) is 0.775. The van der Waals surface area contributed by atoms with E-state index in [9.17, 15) is 0 Å². The van der Waals surface area contributed by atoms with Gasteiger partial charge in [0.1, 0.15) is 17.5 Å². The van der Waals surface area contributed by atoms with Gasteiger partial charge in [-0.3, -0.25) is 5.10 Å². The Labute approximate surface area is 139 Å². The summed E-state index contributed by atoms with van der Waals surface area (Å²) in [6, 6.07) is 4.15. The molecule has 0 aromatic carbocycles. The van der Waals surface area contributed by atoms with Crippen LogP contribution in [0.25, 0.3) is 0 Å². The molecule has 23 heavy (non-hydrogen) atoms. The molecule has 0 spiro atoms. The van der Waals surface area contributed by atoms with E-state index in [1.807, 2.05) is 18.4 Å². The van der Waals surface area contributed by atoms with Gasteiger partial charge in [-0.25, -0.2) is 4.98 Å². The fourth-order valence-electron chi connectivity index (χ4n) is 2.59. The van der Waals surface area contributed by atoms with Crippen molar-refractivity contribution in [1.29, 1.82) is 5.41 Å². The molecule has 8 heteroatoms. The number of ether oxygens (including phenoxy) is 1. The minimum Gasteiger partial charge on any atom is -0.377 e. The number of anilines is 3. The molecule has 1 fully saturated rings. The van der Waals surface area contributed by atoms with Crippen LogP contribution in [0.3, 0.4) is 0 Å². The first-order chi connectivity index (χ1) is 11.2. The molecule has 0 aliphatic carbocycles. The Morgan fingerprint density at radius 1 is 1.57 bits per heavy atom. The number of pyridine rings is 1. The first kappa shape index (κ1) is 15.8. The summed E-state index contributed by atoms with van der Waals surface area (Å²) in [6.45, 7) is 4.35. The first-order valence-electron chi connectivity index (χ1n) is 7.43. The van der Waals surface area contributed by atoms with Crippen LogP contribution in [0.1, 0.15) is 12.5 Å². The molecule has 122 valence electrons. The number of thioether (sulfide) groups is 1. The topological polar surface area (TPSA) is 89.9 Å². The number of morpholine rings is 1. The van der Waals surface area contributed by atoms with Gasteiger partial charge in [-0.2, -0.15) is 5.10 Å². The third-order valence-corrected chi connectivity index (χ3v) is 4.56. The van der Waals surface area contributed by atoms with Crippen molar-refractivity contribution in [2.24, 2.45) is 0 Å². The number of rotatable bonds is 5. The van der Waals surface area contributed by atoms with Crippen LogP contribution >= 0.6 is 11.8 Å². The second-order valence-corrected chi connectivity index (χ2v) is 6.15. The van der Waals surface area contributed by atoms with Crippen molar-refractivity contribution in [3.63, 3.8) is 0 Å². The van der Waals surface area contributed by atoms with Crippen molar-refractivity contribution in [2.45, 2.75) is 17.9 Å². The standard InChI is InChI=1S/C15H20N6OS/c1-10-9-22-6-5-21(10)14-7-12(23-2)11(8-16)15(19-14)18-13-3-4-17-20-13/h3-4,7-8,10,16H,5-6,9H2,1-2H3,(H2,17,18,19,20). The van der Waals surface area contributed by atoms with E-state index in [1.165, 1.54) is 6.21 Å². The molecular weight excluding hydrogens is 312 g/mol. The van der Waals surface area contributed by atoms with Crippen LogP contribution in [0.15, 0.2) is 23.2 Å². The molecule has 2 aromatic rings. The van der Waals surface area contributed by atoms with Crippen LogP contribution in [-0.4, -0.2) is 53.5 Å². The van der Waals surface area contributed by atoms with Gasteiger partial charge in [-0.15, -0.1) is 11.8 Å². The Hall–Kier alpha value is -2.06. The van der Waals surface area contributed by atoms with Gasteiger partial charge in [0.15, 0.2) is 0 Å². The molecule has 1 aliphatic heterocycles. The largest absolute Gasteiger partial charge is 0.377 e. The maximum atomic E-state index is 7.73. The van der Waals surface area contributed by atoms with E-state index in [-0.39, 0.29) is 6.04 Å². The highest BCUT2D eigenvalue weighted by atomic mass is 32.2. The average Bonchev–Trinajstić information content (AvgIpc) is 3.07. The molecule has 3 N–H and O–H groups in total.